The first-order valence-corrected chi connectivity index (χ1v) is 11.3. The Balaban J connectivity index is 1.51. The minimum absolute atomic E-state index is 0.474. The molecule has 0 radical (unpaired) electrons. The molecule has 0 aliphatic rings. The van der Waals surface area contributed by atoms with Gasteiger partial charge in [0.25, 0.3) is 0 Å². The molecule has 4 rings (SSSR count). The molecule has 0 saturated heterocycles. The molecule has 1 aromatic carbocycles. The van der Waals surface area contributed by atoms with E-state index >= 15 is 0 Å². The van der Waals surface area contributed by atoms with Gasteiger partial charge in [-0.2, -0.15) is 20.2 Å². The van der Waals surface area contributed by atoms with E-state index in [9.17, 15) is 0 Å². The smallest absolute Gasteiger partial charge is 0.226 e. The summed E-state index contributed by atoms with van der Waals surface area (Å²) in [6.45, 7) is 4.53. The molecule has 9 heteroatoms. The number of hydrogen-bond acceptors (Lipinski definition) is 9. The lowest BCUT2D eigenvalue weighted by atomic mass is 10.1. The van der Waals surface area contributed by atoms with Gasteiger partial charge in [-0.15, -0.1) is 0 Å². The van der Waals surface area contributed by atoms with Gasteiger partial charge in [-0.05, 0) is 50.1 Å². The molecular weight excluding hydrogens is 438 g/mol. The Morgan fingerprint density at radius 2 is 1.23 bits per heavy atom. The van der Waals surface area contributed by atoms with E-state index in [2.05, 4.69) is 58.4 Å². The van der Waals surface area contributed by atoms with Crippen LogP contribution in [0.3, 0.4) is 0 Å². The van der Waals surface area contributed by atoms with Crippen molar-refractivity contribution in [3.8, 4) is 0 Å². The van der Waals surface area contributed by atoms with E-state index in [0.717, 1.165) is 29.0 Å². The number of rotatable bonds is 10. The predicted molar refractivity (Wildman–Crippen MR) is 141 cm³/mol. The maximum atomic E-state index is 4.57. The molecule has 0 aliphatic carbocycles. The van der Waals surface area contributed by atoms with Crippen molar-refractivity contribution in [2.75, 3.05) is 22.7 Å². The third-order valence-corrected chi connectivity index (χ3v) is 5.14. The minimum atomic E-state index is 0.474. The monoisotopic (exact) mass is 465 g/mol. The summed E-state index contributed by atoms with van der Waals surface area (Å²) in [5, 5.41) is 12.2. The van der Waals surface area contributed by atoms with Gasteiger partial charge in [0.2, 0.25) is 5.95 Å². The van der Waals surface area contributed by atoms with Crippen LogP contribution >= 0.6 is 0 Å². The largest absolute Gasteiger partial charge is 0.354 e. The molecule has 3 heterocycles. The van der Waals surface area contributed by atoms with Crippen LogP contribution in [0, 0.1) is 0 Å². The van der Waals surface area contributed by atoms with E-state index in [4.69, 9.17) is 0 Å². The second-order valence-electron chi connectivity index (χ2n) is 7.71. The summed E-state index contributed by atoms with van der Waals surface area (Å²) < 4.78 is 0. The molecule has 176 valence electrons. The van der Waals surface area contributed by atoms with Crippen LogP contribution in [0.4, 0.5) is 17.6 Å². The zero-order valence-corrected chi connectivity index (χ0v) is 19.7. The number of aromatic nitrogens is 4. The Morgan fingerprint density at radius 1 is 0.714 bits per heavy atom. The lowest BCUT2D eigenvalue weighted by molar-refractivity contribution is 0.981. The average Bonchev–Trinajstić information content (AvgIpc) is 2.92. The van der Waals surface area contributed by atoms with E-state index in [1.54, 1.807) is 30.9 Å². The van der Waals surface area contributed by atoms with Crippen LogP contribution in [-0.2, 0) is 6.42 Å². The number of anilines is 3. The quantitative estimate of drug-likeness (QED) is 0.232. The zero-order valence-electron chi connectivity index (χ0n) is 19.7. The Kier molecular flexibility index (Phi) is 8.05. The van der Waals surface area contributed by atoms with Crippen molar-refractivity contribution in [2.45, 2.75) is 20.3 Å². The minimum Gasteiger partial charge on any atom is -0.354 e. The molecular formula is C26H27N9. The number of nitrogens with one attached hydrogen (secondary N) is 3. The van der Waals surface area contributed by atoms with Gasteiger partial charge in [0.05, 0.1) is 11.4 Å². The average molecular weight is 466 g/mol. The summed E-state index contributed by atoms with van der Waals surface area (Å²) in [5.74, 6) is 1.55. The number of pyridine rings is 2. The van der Waals surface area contributed by atoms with Crippen molar-refractivity contribution >= 4 is 29.0 Å². The molecule has 0 atom stereocenters. The highest BCUT2D eigenvalue weighted by molar-refractivity contribution is 5.99. The van der Waals surface area contributed by atoms with Crippen molar-refractivity contribution < 1.29 is 0 Å². The maximum Gasteiger partial charge on any atom is 0.226 e. The number of nitrogens with zero attached hydrogens (tertiary/aromatic N) is 6. The van der Waals surface area contributed by atoms with Gasteiger partial charge in [0.1, 0.15) is 0 Å². The van der Waals surface area contributed by atoms with Gasteiger partial charge >= 0.3 is 0 Å². The van der Waals surface area contributed by atoms with Gasteiger partial charge in [-0.3, -0.25) is 20.8 Å². The van der Waals surface area contributed by atoms with Crippen molar-refractivity contribution in [1.29, 1.82) is 0 Å². The molecule has 0 amide bonds. The molecule has 0 aliphatic heterocycles. The first kappa shape index (κ1) is 23.5. The summed E-state index contributed by atoms with van der Waals surface area (Å²) in [6.07, 6.45) is 7.79. The van der Waals surface area contributed by atoms with Crippen LogP contribution in [-0.4, -0.2) is 37.9 Å². The standard InChI is InChI=1S/C26H27N9/c1-19(22-9-13-27-14-10-22)32-34-24-18-25(35-33-20(2)23-11-15-28-16-12-23)31-26(30-24)29-17-8-21-6-4-3-5-7-21/h3-7,9-16,18H,8,17H2,1-2H3,(H3,29,30,31,34,35). The number of hydrazone groups is 2. The fourth-order valence-corrected chi connectivity index (χ4v) is 3.20. The molecule has 35 heavy (non-hydrogen) atoms. The molecule has 0 fully saturated rings. The first-order chi connectivity index (χ1) is 17.2. The fourth-order valence-electron chi connectivity index (χ4n) is 3.20. The molecule has 4 aromatic rings. The molecule has 3 aromatic heterocycles. The van der Waals surface area contributed by atoms with E-state index in [-0.39, 0.29) is 0 Å². The Labute approximate surface area is 204 Å². The Hall–Kier alpha value is -4.66. The summed E-state index contributed by atoms with van der Waals surface area (Å²) in [7, 11) is 0. The van der Waals surface area contributed by atoms with Crippen LogP contribution in [0.5, 0.6) is 0 Å². The van der Waals surface area contributed by atoms with Crippen LogP contribution in [0.2, 0.25) is 0 Å². The van der Waals surface area contributed by atoms with Crippen molar-refractivity contribution in [2.24, 2.45) is 10.2 Å². The summed E-state index contributed by atoms with van der Waals surface area (Å²) in [4.78, 5) is 17.2. The van der Waals surface area contributed by atoms with Gasteiger partial charge in [0, 0.05) is 48.5 Å². The topological polar surface area (TPSA) is 112 Å². The highest BCUT2D eigenvalue weighted by Gasteiger charge is 2.06. The highest BCUT2D eigenvalue weighted by atomic mass is 15.4. The normalized spacial score (nSPS) is 11.7. The third-order valence-electron chi connectivity index (χ3n) is 5.14. The second kappa shape index (κ2) is 12.0. The van der Waals surface area contributed by atoms with Gasteiger partial charge in [0.15, 0.2) is 11.6 Å². The van der Waals surface area contributed by atoms with E-state index in [0.29, 0.717) is 24.1 Å². The number of hydrogen-bond donors (Lipinski definition) is 3. The number of benzene rings is 1. The molecule has 0 spiro atoms. The molecule has 0 unspecified atom stereocenters. The maximum absolute atomic E-state index is 4.57. The van der Waals surface area contributed by atoms with Crippen LogP contribution in [0.1, 0.15) is 30.5 Å². The second-order valence-corrected chi connectivity index (χ2v) is 7.71. The SMILES string of the molecule is CC(=NNc1cc(NN=C(C)c2ccncc2)nc(NCCc2ccccc2)n1)c1ccncc1. The van der Waals surface area contributed by atoms with Crippen LogP contribution in [0.15, 0.2) is 95.7 Å². The Bertz CT molecular complexity index is 1200. The van der Waals surface area contributed by atoms with Crippen molar-refractivity contribution in [1.82, 2.24) is 19.9 Å². The first-order valence-electron chi connectivity index (χ1n) is 11.3. The van der Waals surface area contributed by atoms with Gasteiger partial charge in [-0.25, -0.2) is 0 Å². The highest BCUT2D eigenvalue weighted by Crippen LogP contribution is 2.16. The summed E-state index contributed by atoms with van der Waals surface area (Å²) in [6, 6.07) is 19.6. The third kappa shape index (κ3) is 7.16. The zero-order chi connectivity index (χ0) is 24.3. The van der Waals surface area contributed by atoms with E-state index in [1.807, 2.05) is 56.3 Å². The van der Waals surface area contributed by atoms with E-state index in [1.165, 1.54) is 5.56 Å². The van der Waals surface area contributed by atoms with Gasteiger partial charge < -0.3 is 5.32 Å². The summed E-state index contributed by atoms with van der Waals surface area (Å²) in [5.41, 5.74) is 10.9. The summed E-state index contributed by atoms with van der Waals surface area (Å²) >= 11 is 0. The lowest BCUT2D eigenvalue weighted by Gasteiger charge is -2.10. The molecule has 9 nitrogen and oxygen atoms in total. The van der Waals surface area contributed by atoms with E-state index < -0.39 is 0 Å². The Morgan fingerprint density at radius 3 is 1.74 bits per heavy atom. The molecule has 0 bridgehead atoms. The van der Waals surface area contributed by atoms with Crippen molar-refractivity contribution in [3.05, 3.63) is 102 Å². The van der Waals surface area contributed by atoms with Crippen molar-refractivity contribution in [3.63, 3.8) is 0 Å². The predicted octanol–water partition coefficient (Wildman–Crippen LogP) is 4.59. The lowest BCUT2D eigenvalue weighted by Crippen LogP contribution is -2.11. The molecule has 3 N–H and O–H groups in total. The molecule has 0 saturated carbocycles. The van der Waals surface area contributed by atoms with Crippen LogP contribution < -0.4 is 16.2 Å². The van der Waals surface area contributed by atoms with Crippen LogP contribution in [0.25, 0.3) is 0 Å². The fraction of sp³-hybridized carbons (Fsp3) is 0.154. The van der Waals surface area contributed by atoms with Gasteiger partial charge in [-0.1, -0.05) is 30.3 Å².